The molecule has 1 aromatic carbocycles. The molecular formula is C13H13NO2S. The molecule has 1 N–H and O–H groups in total. The van der Waals surface area contributed by atoms with Crippen LogP contribution in [0.2, 0.25) is 0 Å². The highest BCUT2D eigenvalue weighted by Crippen LogP contribution is 2.28. The van der Waals surface area contributed by atoms with Gasteiger partial charge in [-0.2, -0.15) is 0 Å². The van der Waals surface area contributed by atoms with Crippen molar-refractivity contribution in [1.29, 1.82) is 0 Å². The number of rotatable bonds is 3. The van der Waals surface area contributed by atoms with Gasteiger partial charge >= 0.3 is 0 Å². The van der Waals surface area contributed by atoms with Gasteiger partial charge < -0.3 is 5.11 Å². The summed E-state index contributed by atoms with van der Waals surface area (Å²) >= 11 is 1.33. The van der Waals surface area contributed by atoms with Crippen molar-refractivity contribution in [3.05, 3.63) is 40.4 Å². The van der Waals surface area contributed by atoms with Crippen LogP contribution in [0.3, 0.4) is 0 Å². The summed E-state index contributed by atoms with van der Waals surface area (Å²) in [6, 6.07) is 7.95. The van der Waals surface area contributed by atoms with E-state index in [0.29, 0.717) is 10.6 Å². The number of aryl methyl sites for hydroxylation is 1. The van der Waals surface area contributed by atoms with Gasteiger partial charge in [-0.1, -0.05) is 29.8 Å². The molecular weight excluding hydrogens is 234 g/mol. The molecule has 2 aromatic rings. The predicted octanol–water partition coefficient (Wildman–Crippen LogP) is 2.81. The van der Waals surface area contributed by atoms with E-state index in [9.17, 15) is 4.79 Å². The third-order valence-electron chi connectivity index (χ3n) is 2.47. The lowest BCUT2D eigenvalue weighted by Crippen LogP contribution is -1.94. The summed E-state index contributed by atoms with van der Waals surface area (Å²) in [5, 5.41) is 9.94. The first-order chi connectivity index (χ1) is 8.11. The highest BCUT2D eigenvalue weighted by Gasteiger charge is 2.14. The van der Waals surface area contributed by atoms with Crippen LogP contribution in [0.5, 0.6) is 0 Å². The van der Waals surface area contributed by atoms with Crippen molar-refractivity contribution in [2.45, 2.75) is 20.5 Å². The van der Waals surface area contributed by atoms with E-state index in [2.05, 4.69) is 4.98 Å². The molecule has 1 aromatic heterocycles. The Hall–Kier alpha value is -1.52. The molecule has 0 bridgehead atoms. The second kappa shape index (κ2) is 4.77. The minimum atomic E-state index is -0.197. The smallest absolute Gasteiger partial charge is 0.171 e. The lowest BCUT2D eigenvalue weighted by atomic mass is 10.2. The molecule has 0 spiro atoms. The lowest BCUT2D eigenvalue weighted by molar-refractivity contribution is 0.101. The molecule has 0 unspecified atom stereocenters. The SMILES string of the molecule is CC(=O)c1sc(-c2ccc(C)cc2)nc1CO. The van der Waals surface area contributed by atoms with Gasteiger partial charge in [-0.25, -0.2) is 4.98 Å². The van der Waals surface area contributed by atoms with Gasteiger partial charge in [0, 0.05) is 12.5 Å². The topological polar surface area (TPSA) is 50.2 Å². The molecule has 0 aliphatic heterocycles. The molecule has 2 rings (SSSR count). The lowest BCUT2D eigenvalue weighted by Gasteiger charge is -1.96. The van der Waals surface area contributed by atoms with Crippen molar-refractivity contribution >= 4 is 17.1 Å². The molecule has 3 nitrogen and oxygen atoms in total. The summed E-state index contributed by atoms with van der Waals surface area (Å²) in [7, 11) is 0. The molecule has 0 aliphatic rings. The monoisotopic (exact) mass is 247 g/mol. The zero-order valence-corrected chi connectivity index (χ0v) is 10.5. The number of aliphatic hydroxyl groups excluding tert-OH is 1. The fraction of sp³-hybridized carbons (Fsp3) is 0.231. The van der Waals surface area contributed by atoms with Gasteiger partial charge in [0.1, 0.15) is 5.01 Å². The molecule has 17 heavy (non-hydrogen) atoms. The number of aromatic nitrogens is 1. The minimum Gasteiger partial charge on any atom is -0.390 e. The molecule has 88 valence electrons. The highest BCUT2D eigenvalue weighted by atomic mass is 32.1. The molecule has 0 atom stereocenters. The number of aliphatic hydroxyl groups is 1. The Kier molecular flexibility index (Phi) is 3.36. The third kappa shape index (κ3) is 2.43. The zero-order valence-electron chi connectivity index (χ0n) is 9.73. The van der Waals surface area contributed by atoms with Crippen molar-refractivity contribution in [3.8, 4) is 10.6 Å². The van der Waals surface area contributed by atoms with Crippen LogP contribution in [0.25, 0.3) is 10.6 Å². The van der Waals surface area contributed by atoms with Crippen LogP contribution in [0, 0.1) is 6.92 Å². The number of Topliss-reactive ketones (excluding diaryl/α,β-unsaturated/α-hetero) is 1. The van der Waals surface area contributed by atoms with Gasteiger partial charge in [0.2, 0.25) is 0 Å². The molecule has 0 amide bonds. The van der Waals surface area contributed by atoms with Crippen LogP contribution in [0.4, 0.5) is 0 Å². The maximum absolute atomic E-state index is 11.4. The number of carbonyl (C=O) groups is 1. The highest BCUT2D eigenvalue weighted by molar-refractivity contribution is 7.17. The molecule has 0 aliphatic carbocycles. The number of thiazole rings is 1. The van der Waals surface area contributed by atoms with Crippen molar-refractivity contribution in [3.63, 3.8) is 0 Å². The maximum atomic E-state index is 11.4. The number of ketones is 1. The van der Waals surface area contributed by atoms with E-state index in [0.717, 1.165) is 10.6 Å². The van der Waals surface area contributed by atoms with Crippen molar-refractivity contribution in [1.82, 2.24) is 4.98 Å². The molecule has 0 saturated carbocycles. The van der Waals surface area contributed by atoms with Gasteiger partial charge in [0.05, 0.1) is 17.2 Å². The minimum absolute atomic E-state index is 0.0510. The quantitative estimate of drug-likeness (QED) is 0.848. The Labute approximate surface area is 104 Å². The fourth-order valence-corrected chi connectivity index (χ4v) is 2.53. The summed E-state index contributed by atoms with van der Waals surface area (Å²) in [6.45, 7) is 3.31. The molecule has 0 saturated heterocycles. The maximum Gasteiger partial charge on any atom is 0.171 e. The summed E-state index contributed by atoms with van der Waals surface area (Å²) in [5.41, 5.74) is 2.63. The van der Waals surface area contributed by atoms with E-state index in [-0.39, 0.29) is 12.4 Å². The first-order valence-electron chi connectivity index (χ1n) is 5.30. The second-order valence-corrected chi connectivity index (χ2v) is 4.87. The second-order valence-electron chi connectivity index (χ2n) is 3.88. The van der Waals surface area contributed by atoms with Gasteiger partial charge in [-0.05, 0) is 6.92 Å². The van der Waals surface area contributed by atoms with E-state index in [1.165, 1.54) is 23.8 Å². The van der Waals surface area contributed by atoms with Crippen molar-refractivity contribution in [2.75, 3.05) is 0 Å². The van der Waals surface area contributed by atoms with Gasteiger partial charge in [0.15, 0.2) is 5.78 Å². The van der Waals surface area contributed by atoms with Crippen LogP contribution >= 0.6 is 11.3 Å². The number of carbonyl (C=O) groups excluding carboxylic acids is 1. The first kappa shape index (κ1) is 12.0. The summed E-state index contributed by atoms with van der Waals surface area (Å²) < 4.78 is 0. The Balaban J connectivity index is 2.46. The average Bonchev–Trinajstić information content (AvgIpc) is 2.74. The summed E-state index contributed by atoms with van der Waals surface area (Å²) in [5.74, 6) is -0.0510. The van der Waals surface area contributed by atoms with Gasteiger partial charge in [-0.15, -0.1) is 11.3 Å². The Morgan fingerprint density at radius 3 is 2.47 bits per heavy atom. The summed E-state index contributed by atoms with van der Waals surface area (Å²) in [4.78, 5) is 16.2. The van der Waals surface area contributed by atoms with Crippen LogP contribution < -0.4 is 0 Å². The van der Waals surface area contributed by atoms with E-state index in [1.54, 1.807) is 0 Å². The Morgan fingerprint density at radius 1 is 1.35 bits per heavy atom. The fourth-order valence-electron chi connectivity index (χ4n) is 1.55. The molecule has 1 heterocycles. The number of benzene rings is 1. The number of nitrogens with zero attached hydrogens (tertiary/aromatic N) is 1. The molecule has 4 heteroatoms. The van der Waals surface area contributed by atoms with E-state index in [4.69, 9.17) is 5.11 Å². The largest absolute Gasteiger partial charge is 0.390 e. The molecule has 0 fully saturated rings. The summed E-state index contributed by atoms with van der Waals surface area (Å²) in [6.07, 6.45) is 0. The molecule has 0 radical (unpaired) electrons. The standard InChI is InChI=1S/C13H13NO2S/c1-8-3-5-10(6-4-8)13-14-11(7-15)12(17-13)9(2)16/h3-6,15H,7H2,1-2H3. The third-order valence-corrected chi connectivity index (χ3v) is 3.71. The van der Waals surface area contributed by atoms with Crippen molar-refractivity contribution < 1.29 is 9.90 Å². The van der Waals surface area contributed by atoms with E-state index < -0.39 is 0 Å². The number of hydrogen-bond donors (Lipinski definition) is 1. The zero-order chi connectivity index (χ0) is 12.4. The first-order valence-corrected chi connectivity index (χ1v) is 6.12. The Bertz CT molecular complexity index is 543. The normalized spacial score (nSPS) is 10.5. The van der Waals surface area contributed by atoms with E-state index >= 15 is 0 Å². The van der Waals surface area contributed by atoms with Crippen LogP contribution in [-0.2, 0) is 6.61 Å². The van der Waals surface area contributed by atoms with Crippen LogP contribution in [0.15, 0.2) is 24.3 Å². The van der Waals surface area contributed by atoms with E-state index in [1.807, 2.05) is 31.2 Å². The van der Waals surface area contributed by atoms with Crippen LogP contribution in [0.1, 0.15) is 27.9 Å². The average molecular weight is 247 g/mol. The number of hydrogen-bond acceptors (Lipinski definition) is 4. The predicted molar refractivity (Wildman–Crippen MR) is 68.2 cm³/mol. The van der Waals surface area contributed by atoms with Gasteiger partial charge in [-0.3, -0.25) is 4.79 Å². The van der Waals surface area contributed by atoms with Crippen molar-refractivity contribution in [2.24, 2.45) is 0 Å². The van der Waals surface area contributed by atoms with Crippen LogP contribution in [-0.4, -0.2) is 15.9 Å². The Morgan fingerprint density at radius 2 is 2.00 bits per heavy atom. The van der Waals surface area contributed by atoms with Gasteiger partial charge in [0.25, 0.3) is 0 Å².